The summed E-state index contributed by atoms with van der Waals surface area (Å²) < 4.78 is 17.9. The van der Waals surface area contributed by atoms with Crippen molar-refractivity contribution in [2.24, 2.45) is 5.41 Å². The van der Waals surface area contributed by atoms with Gasteiger partial charge in [0.1, 0.15) is 5.82 Å². The molecule has 166 valence electrons. The van der Waals surface area contributed by atoms with E-state index in [0.29, 0.717) is 48.5 Å². The van der Waals surface area contributed by atoms with Gasteiger partial charge in [0.2, 0.25) is 5.91 Å². The van der Waals surface area contributed by atoms with E-state index in [1.807, 2.05) is 0 Å². The van der Waals surface area contributed by atoms with Crippen LogP contribution < -0.4 is 0 Å². The molecule has 1 aliphatic heterocycles. The van der Waals surface area contributed by atoms with Gasteiger partial charge in [0, 0.05) is 24.2 Å². The number of nitriles is 1. The predicted octanol–water partition coefficient (Wildman–Crippen LogP) is 4.58. The molecule has 5 nitrogen and oxygen atoms in total. The number of methoxy groups -OCH3 is 1. The molecule has 2 aromatic carbocycles. The van der Waals surface area contributed by atoms with Crippen LogP contribution in [-0.2, 0) is 27.2 Å². The smallest absolute Gasteiger partial charge is 0.310 e. The van der Waals surface area contributed by atoms with Crippen LogP contribution in [0.2, 0.25) is 5.02 Å². The molecule has 0 atom stereocenters. The summed E-state index contributed by atoms with van der Waals surface area (Å²) in [4.78, 5) is 26.1. The molecule has 7 heteroatoms. The number of benzene rings is 2. The van der Waals surface area contributed by atoms with Gasteiger partial charge in [-0.25, -0.2) is 4.39 Å². The Morgan fingerprint density at radius 1 is 1.22 bits per heavy atom. The number of rotatable bonds is 6. The number of hydrogen-bond donors (Lipinski definition) is 0. The molecule has 1 aliphatic rings. The van der Waals surface area contributed by atoms with E-state index in [9.17, 15) is 19.2 Å². The second-order valence-electron chi connectivity index (χ2n) is 7.95. The summed E-state index contributed by atoms with van der Waals surface area (Å²) in [6.07, 6.45) is 4.83. The number of amides is 1. The van der Waals surface area contributed by atoms with Crippen molar-refractivity contribution in [3.63, 3.8) is 0 Å². The van der Waals surface area contributed by atoms with Crippen molar-refractivity contribution < 1.29 is 18.7 Å². The molecule has 0 bridgehead atoms. The third-order valence-electron chi connectivity index (χ3n) is 5.80. The largest absolute Gasteiger partial charge is 0.469 e. The van der Waals surface area contributed by atoms with E-state index < -0.39 is 11.4 Å². The Hall–Kier alpha value is -3.17. The second-order valence-corrected chi connectivity index (χ2v) is 8.39. The quantitative estimate of drug-likeness (QED) is 0.473. The maximum atomic E-state index is 13.2. The summed E-state index contributed by atoms with van der Waals surface area (Å²) >= 11 is 6.04. The lowest BCUT2D eigenvalue weighted by atomic mass is 9.75. The fourth-order valence-electron chi connectivity index (χ4n) is 3.86. The Balaban J connectivity index is 1.64. The SMILES string of the molecule is COC(=O)Cc1cc(Cl)ccc1C=CC(=O)N1CCC(C#N)(Cc2ccc(F)cc2)CC1. The summed E-state index contributed by atoms with van der Waals surface area (Å²) in [5, 5.41) is 10.3. The highest BCUT2D eigenvalue weighted by atomic mass is 35.5. The van der Waals surface area contributed by atoms with Crippen molar-refractivity contribution in [1.29, 1.82) is 5.26 Å². The van der Waals surface area contributed by atoms with Crippen molar-refractivity contribution in [1.82, 2.24) is 4.90 Å². The van der Waals surface area contributed by atoms with Gasteiger partial charge in [-0.15, -0.1) is 0 Å². The lowest BCUT2D eigenvalue weighted by molar-refractivity contribution is -0.139. The number of carbonyl (C=O) groups excluding carboxylic acids is 2. The highest BCUT2D eigenvalue weighted by Gasteiger charge is 2.35. The minimum atomic E-state index is -0.567. The topological polar surface area (TPSA) is 70.4 Å². The van der Waals surface area contributed by atoms with Gasteiger partial charge in [0.15, 0.2) is 0 Å². The van der Waals surface area contributed by atoms with E-state index in [-0.39, 0.29) is 18.1 Å². The van der Waals surface area contributed by atoms with Crippen LogP contribution in [0.5, 0.6) is 0 Å². The summed E-state index contributed by atoms with van der Waals surface area (Å²) in [5.41, 5.74) is 1.73. The average Bonchev–Trinajstić information content (AvgIpc) is 2.80. The van der Waals surface area contributed by atoms with Crippen molar-refractivity contribution in [2.45, 2.75) is 25.7 Å². The molecule has 0 aliphatic carbocycles. The Labute approximate surface area is 192 Å². The fraction of sp³-hybridized carbons (Fsp3) is 0.320. The Kier molecular flexibility index (Phi) is 7.66. The second kappa shape index (κ2) is 10.4. The zero-order valence-corrected chi connectivity index (χ0v) is 18.6. The molecule has 1 heterocycles. The van der Waals surface area contributed by atoms with Crippen molar-refractivity contribution >= 4 is 29.6 Å². The van der Waals surface area contributed by atoms with Crippen LogP contribution in [0.3, 0.4) is 0 Å². The molecular formula is C25H24ClFN2O3. The van der Waals surface area contributed by atoms with Crippen LogP contribution in [-0.4, -0.2) is 37.0 Å². The van der Waals surface area contributed by atoms with Gasteiger partial charge >= 0.3 is 5.97 Å². The summed E-state index contributed by atoms with van der Waals surface area (Å²) in [6, 6.07) is 13.8. The fourth-order valence-corrected chi connectivity index (χ4v) is 4.06. The van der Waals surface area contributed by atoms with E-state index in [0.717, 1.165) is 5.56 Å². The van der Waals surface area contributed by atoms with Gasteiger partial charge in [-0.1, -0.05) is 29.8 Å². The molecule has 32 heavy (non-hydrogen) atoms. The molecule has 3 rings (SSSR count). The number of carbonyl (C=O) groups is 2. The van der Waals surface area contributed by atoms with Gasteiger partial charge < -0.3 is 9.64 Å². The maximum Gasteiger partial charge on any atom is 0.310 e. The molecule has 1 amide bonds. The standard InChI is InChI=1S/C25H24ClFN2O3/c1-32-24(31)15-20-14-21(26)6-4-19(20)5-9-23(30)29-12-10-25(17-28,11-13-29)16-18-2-7-22(27)8-3-18/h2-9,14H,10-13,15-16H2,1H3. The molecule has 0 unspecified atom stereocenters. The van der Waals surface area contributed by atoms with Crippen molar-refractivity contribution in [2.75, 3.05) is 20.2 Å². The zero-order chi connectivity index (χ0) is 23.1. The number of hydrogen-bond acceptors (Lipinski definition) is 4. The summed E-state index contributed by atoms with van der Waals surface area (Å²) in [7, 11) is 1.32. The number of piperidine rings is 1. The molecule has 0 aromatic heterocycles. The molecule has 0 radical (unpaired) electrons. The Bertz CT molecular complexity index is 1050. The molecular weight excluding hydrogens is 431 g/mol. The van der Waals surface area contributed by atoms with Gasteiger partial charge in [0.05, 0.1) is 25.0 Å². The van der Waals surface area contributed by atoms with Crippen molar-refractivity contribution in [3.05, 3.63) is 76.1 Å². The van der Waals surface area contributed by atoms with Crippen LogP contribution in [0.1, 0.15) is 29.5 Å². The molecule has 0 saturated carbocycles. The first kappa shape index (κ1) is 23.5. The van der Waals surface area contributed by atoms with E-state index in [1.165, 1.54) is 25.3 Å². The summed E-state index contributed by atoms with van der Waals surface area (Å²) in [5.74, 6) is -0.849. The van der Waals surface area contributed by atoms with Gasteiger partial charge in [-0.05, 0) is 66.3 Å². The molecule has 0 spiro atoms. The van der Waals surface area contributed by atoms with Crippen LogP contribution in [0, 0.1) is 22.6 Å². The van der Waals surface area contributed by atoms with Gasteiger partial charge in [-0.2, -0.15) is 5.26 Å². The van der Waals surface area contributed by atoms with E-state index in [4.69, 9.17) is 16.3 Å². The van der Waals surface area contributed by atoms with Gasteiger partial charge in [-0.3, -0.25) is 9.59 Å². The molecule has 2 aromatic rings. The molecule has 1 saturated heterocycles. The van der Waals surface area contributed by atoms with E-state index in [1.54, 1.807) is 41.3 Å². The van der Waals surface area contributed by atoms with Crippen LogP contribution in [0.15, 0.2) is 48.5 Å². The number of esters is 1. The van der Waals surface area contributed by atoms with E-state index in [2.05, 4.69) is 6.07 Å². The first-order valence-electron chi connectivity index (χ1n) is 10.3. The normalized spacial score (nSPS) is 15.4. The average molecular weight is 455 g/mol. The lowest BCUT2D eigenvalue weighted by Gasteiger charge is -2.37. The Morgan fingerprint density at radius 2 is 1.91 bits per heavy atom. The number of likely N-dealkylation sites (tertiary alicyclic amines) is 1. The highest BCUT2D eigenvalue weighted by Crippen LogP contribution is 2.34. The van der Waals surface area contributed by atoms with Crippen LogP contribution >= 0.6 is 11.6 Å². The third kappa shape index (κ3) is 5.95. The third-order valence-corrected chi connectivity index (χ3v) is 6.03. The van der Waals surface area contributed by atoms with Crippen LogP contribution in [0.4, 0.5) is 4.39 Å². The number of halogens is 2. The number of ether oxygens (including phenoxy) is 1. The lowest BCUT2D eigenvalue weighted by Crippen LogP contribution is -2.43. The first-order valence-corrected chi connectivity index (χ1v) is 10.7. The van der Waals surface area contributed by atoms with E-state index >= 15 is 0 Å². The minimum Gasteiger partial charge on any atom is -0.469 e. The molecule has 0 N–H and O–H groups in total. The number of nitrogens with zero attached hydrogens (tertiary/aromatic N) is 2. The zero-order valence-electron chi connectivity index (χ0n) is 17.8. The predicted molar refractivity (Wildman–Crippen MR) is 120 cm³/mol. The van der Waals surface area contributed by atoms with Gasteiger partial charge in [0.25, 0.3) is 0 Å². The minimum absolute atomic E-state index is 0.0582. The monoisotopic (exact) mass is 454 g/mol. The van der Waals surface area contributed by atoms with Crippen molar-refractivity contribution in [3.8, 4) is 6.07 Å². The Morgan fingerprint density at radius 3 is 2.53 bits per heavy atom. The van der Waals surface area contributed by atoms with Crippen LogP contribution in [0.25, 0.3) is 6.08 Å². The first-order chi connectivity index (χ1) is 15.3. The highest BCUT2D eigenvalue weighted by molar-refractivity contribution is 6.30. The molecule has 1 fully saturated rings. The summed E-state index contributed by atoms with van der Waals surface area (Å²) in [6.45, 7) is 0.932. The maximum absolute atomic E-state index is 13.2.